The average molecular weight is 278 g/mol. The van der Waals surface area contributed by atoms with Crippen LogP contribution in [0.15, 0.2) is 0 Å². The Labute approximate surface area is 102 Å². The van der Waals surface area contributed by atoms with Gasteiger partial charge in [0.15, 0.2) is 0 Å². The Morgan fingerprint density at radius 1 is 1.40 bits per heavy atom. The summed E-state index contributed by atoms with van der Waals surface area (Å²) in [5.74, 6) is -2.12. The molecule has 0 rings (SSSR count). The summed E-state index contributed by atoms with van der Waals surface area (Å²) in [4.78, 5) is 21.4. The summed E-state index contributed by atoms with van der Waals surface area (Å²) in [7, 11) is 0. The molecule has 0 aromatic carbocycles. The quantitative estimate of drug-likeness (QED) is 0.619. The van der Waals surface area contributed by atoms with Gasteiger partial charge in [-0.25, -0.2) is 0 Å². The molecular weight excluding hydrogens is 266 g/mol. The Hall–Kier alpha value is -0.190. The van der Waals surface area contributed by atoms with Crippen LogP contribution in [0.5, 0.6) is 0 Å². The number of aliphatic carboxylic acids is 1. The maximum Gasteiger partial charge on any atom is 0.306 e. The minimum atomic E-state index is -1.63. The number of halogens is 3. The third-order valence-corrected chi connectivity index (χ3v) is 1.93. The van der Waals surface area contributed by atoms with E-state index in [2.05, 4.69) is 4.74 Å². The number of hydrogen-bond donors (Lipinski definition) is 1. The summed E-state index contributed by atoms with van der Waals surface area (Å²) in [6, 6.07) is 0. The van der Waals surface area contributed by atoms with Crippen molar-refractivity contribution in [1.82, 2.24) is 0 Å². The standard InChI is InChI=1S/C8H11Cl3O4/c1-5(7(13)14)2-3-6(12)15-4-8(9,10)11/h5H,2-4H2,1H3,(H,13,14). The Balaban J connectivity index is 3.72. The summed E-state index contributed by atoms with van der Waals surface area (Å²) in [6.07, 6.45) is 0.197. The van der Waals surface area contributed by atoms with Crippen molar-refractivity contribution in [2.45, 2.75) is 23.6 Å². The number of esters is 1. The first-order chi connectivity index (χ1) is 6.72. The SMILES string of the molecule is CC(CCC(=O)OCC(Cl)(Cl)Cl)C(=O)O. The predicted octanol–water partition coefficient (Wildman–Crippen LogP) is 2.40. The zero-order valence-corrected chi connectivity index (χ0v) is 10.3. The molecule has 0 saturated carbocycles. The molecule has 1 unspecified atom stereocenters. The van der Waals surface area contributed by atoms with Gasteiger partial charge >= 0.3 is 11.9 Å². The second-order valence-electron chi connectivity index (χ2n) is 3.05. The first kappa shape index (κ1) is 14.8. The molecule has 0 saturated heterocycles. The summed E-state index contributed by atoms with van der Waals surface area (Å²) in [5.41, 5.74) is 0. The van der Waals surface area contributed by atoms with Crippen molar-refractivity contribution in [3.8, 4) is 0 Å². The summed E-state index contributed by atoms with van der Waals surface area (Å²) < 4.78 is 2.98. The number of carbonyl (C=O) groups excluding carboxylic acids is 1. The normalized spacial score (nSPS) is 13.3. The second-order valence-corrected chi connectivity index (χ2v) is 5.57. The van der Waals surface area contributed by atoms with Crippen molar-refractivity contribution < 1.29 is 19.4 Å². The van der Waals surface area contributed by atoms with E-state index < -0.39 is 21.6 Å². The molecule has 88 valence electrons. The fourth-order valence-electron chi connectivity index (χ4n) is 0.692. The maximum atomic E-state index is 11.0. The molecule has 0 aliphatic carbocycles. The molecule has 4 nitrogen and oxygen atoms in total. The summed E-state index contributed by atoms with van der Waals surface area (Å²) in [5, 5.41) is 8.54. The highest BCUT2D eigenvalue weighted by atomic mass is 35.6. The molecule has 0 aliphatic heterocycles. The highest BCUT2D eigenvalue weighted by Gasteiger charge is 2.22. The number of rotatable bonds is 5. The Morgan fingerprint density at radius 2 is 1.93 bits per heavy atom. The number of alkyl halides is 3. The first-order valence-corrected chi connectivity index (χ1v) is 5.31. The second kappa shape index (κ2) is 6.40. The Bertz CT molecular complexity index is 237. The maximum absolute atomic E-state index is 11.0. The van der Waals surface area contributed by atoms with Gasteiger partial charge in [-0.15, -0.1) is 0 Å². The highest BCUT2D eigenvalue weighted by molar-refractivity contribution is 6.67. The lowest BCUT2D eigenvalue weighted by molar-refractivity contribution is -0.145. The van der Waals surface area contributed by atoms with Crippen molar-refractivity contribution in [1.29, 1.82) is 0 Å². The first-order valence-electron chi connectivity index (χ1n) is 4.17. The van der Waals surface area contributed by atoms with Gasteiger partial charge in [-0.05, 0) is 6.42 Å². The van der Waals surface area contributed by atoms with Gasteiger partial charge in [-0.3, -0.25) is 9.59 Å². The van der Waals surface area contributed by atoms with Gasteiger partial charge in [0, 0.05) is 6.42 Å². The van der Waals surface area contributed by atoms with Gasteiger partial charge in [0.2, 0.25) is 3.79 Å². The van der Waals surface area contributed by atoms with Crippen molar-refractivity contribution in [2.24, 2.45) is 5.92 Å². The van der Waals surface area contributed by atoms with Crippen molar-refractivity contribution in [3.05, 3.63) is 0 Å². The Morgan fingerprint density at radius 3 is 2.33 bits per heavy atom. The van der Waals surface area contributed by atoms with E-state index in [1.165, 1.54) is 6.92 Å². The van der Waals surface area contributed by atoms with E-state index in [0.717, 1.165) is 0 Å². The molecule has 0 radical (unpaired) electrons. The van der Waals surface area contributed by atoms with Crippen LogP contribution in [0.1, 0.15) is 19.8 Å². The van der Waals surface area contributed by atoms with E-state index >= 15 is 0 Å². The van der Waals surface area contributed by atoms with Crippen molar-refractivity contribution in [3.63, 3.8) is 0 Å². The van der Waals surface area contributed by atoms with Crippen LogP contribution in [0.3, 0.4) is 0 Å². The smallest absolute Gasteiger partial charge is 0.306 e. The molecule has 0 aromatic rings. The fourth-order valence-corrected chi connectivity index (χ4v) is 0.856. The molecular formula is C8H11Cl3O4. The van der Waals surface area contributed by atoms with Gasteiger partial charge in [0.25, 0.3) is 0 Å². The van der Waals surface area contributed by atoms with Gasteiger partial charge < -0.3 is 9.84 Å². The van der Waals surface area contributed by atoms with Crippen LogP contribution in [0.4, 0.5) is 0 Å². The molecule has 0 aliphatic rings. The molecule has 0 spiro atoms. The molecule has 0 amide bonds. The van der Waals surface area contributed by atoms with Crippen LogP contribution in [-0.2, 0) is 14.3 Å². The number of carboxylic acid groups (broad SMARTS) is 1. The highest BCUT2D eigenvalue weighted by Crippen LogP contribution is 2.26. The topological polar surface area (TPSA) is 63.6 Å². The van der Waals surface area contributed by atoms with Crippen LogP contribution in [0, 0.1) is 5.92 Å². The lowest BCUT2D eigenvalue weighted by Gasteiger charge is -2.11. The van der Waals surface area contributed by atoms with Gasteiger partial charge in [0.05, 0.1) is 5.92 Å². The van der Waals surface area contributed by atoms with Crippen LogP contribution >= 0.6 is 34.8 Å². The molecule has 15 heavy (non-hydrogen) atoms. The largest absolute Gasteiger partial charge is 0.481 e. The number of ether oxygens (including phenoxy) is 1. The minimum Gasteiger partial charge on any atom is -0.481 e. The monoisotopic (exact) mass is 276 g/mol. The molecule has 0 aromatic heterocycles. The summed E-state index contributed by atoms with van der Waals surface area (Å²) >= 11 is 16.0. The van der Waals surface area contributed by atoms with E-state index in [0.29, 0.717) is 0 Å². The minimum absolute atomic E-state index is 0.00574. The van der Waals surface area contributed by atoms with Crippen LogP contribution in [0.2, 0.25) is 0 Å². The van der Waals surface area contributed by atoms with Gasteiger partial charge in [0.1, 0.15) is 6.61 Å². The number of hydrogen-bond acceptors (Lipinski definition) is 3. The van der Waals surface area contributed by atoms with Crippen LogP contribution in [-0.4, -0.2) is 27.4 Å². The van der Waals surface area contributed by atoms with E-state index in [9.17, 15) is 9.59 Å². The number of carboxylic acids is 1. The van der Waals surface area contributed by atoms with E-state index in [-0.39, 0.29) is 19.4 Å². The van der Waals surface area contributed by atoms with Gasteiger partial charge in [-0.1, -0.05) is 41.7 Å². The van der Waals surface area contributed by atoms with Crippen LogP contribution < -0.4 is 0 Å². The van der Waals surface area contributed by atoms with Gasteiger partial charge in [-0.2, -0.15) is 0 Å². The molecule has 0 heterocycles. The third kappa shape index (κ3) is 8.78. The number of carbonyl (C=O) groups is 2. The summed E-state index contributed by atoms with van der Waals surface area (Å²) in [6.45, 7) is 1.17. The molecule has 0 bridgehead atoms. The molecule has 7 heteroatoms. The van der Waals surface area contributed by atoms with E-state index in [4.69, 9.17) is 39.9 Å². The van der Waals surface area contributed by atoms with E-state index in [1.807, 2.05) is 0 Å². The lowest BCUT2D eigenvalue weighted by atomic mass is 10.1. The van der Waals surface area contributed by atoms with E-state index in [1.54, 1.807) is 0 Å². The molecule has 0 fully saturated rings. The Kier molecular flexibility index (Phi) is 6.32. The third-order valence-electron chi connectivity index (χ3n) is 1.60. The average Bonchev–Trinajstić information content (AvgIpc) is 2.09. The predicted molar refractivity (Wildman–Crippen MR) is 57.3 cm³/mol. The zero-order valence-electron chi connectivity index (χ0n) is 8.00. The van der Waals surface area contributed by atoms with Crippen LogP contribution in [0.25, 0.3) is 0 Å². The fraction of sp³-hybridized carbons (Fsp3) is 0.750. The molecule has 1 atom stereocenters. The lowest BCUT2D eigenvalue weighted by Crippen LogP contribution is -2.18. The molecule has 1 N–H and O–H groups in total. The van der Waals surface area contributed by atoms with Crippen molar-refractivity contribution >= 4 is 46.7 Å². The van der Waals surface area contributed by atoms with Crippen molar-refractivity contribution in [2.75, 3.05) is 6.61 Å². The zero-order chi connectivity index (χ0) is 12.1.